The highest BCUT2D eigenvalue weighted by molar-refractivity contribution is 7.89. The van der Waals surface area contributed by atoms with E-state index in [1.54, 1.807) is 33.5 Å². The number of carbonyl (C=O) groups is 1. The number of nitrogens with zero attached hydrogens (tertiary/aromatic N) is 4. The number of aromatic nitrogens is 1. The zero-order valence-corrected chi connectivity index (χ0v) is 24.5. The van der Waals surface area contributed by atoms with Gasteiger partial charge in [-0.25, -0.2) is 13.4 Å². The first kappa shape index (κ1) is 29.5. The number of carbonyl (C=O) groups excluding carboxylic acids is 1. The zero-order valence-electron chi connectivity index (χ0n) is 22.1. The average Bonchev–Trinajstić information content (AvgIpc) is 3.05. The zero-order chi connectivity index (χ0) is 25.9. The number of benzene rings is 2. The van der Waals surface area contributed by atoms with Crippen LogP contribution in [0.25, 0.3) is 10.2 Å². The van der Waals surface area contributed by atoms with Gasteiger partial charge in [0.15, 0.2) is 5.13 Å². The number of sulfonamides is 1. The van der Waals surface area contributed by atoms with Gasteiger partial charge in [0.25, 0.3) is 5.91 Å². The van der Waals surface area contributed by atoms with Crippen molar-refractivity contribution in [2.45, 2.75) is 50.8 Å². The Morgan fingerprint density at radius 3 is 2.22 bits per heavy atom. The van der Waals surface area contributed by atoms with Gasteiger partial charge in [0.05, 0.1) is 15.1 Å². The van der Waals surface area contributed by atoms with Crippen LogP contribution in [-0.4, -0.2) is 68.8 Å². The summed E-state index contributed by atoms with van der Waals surface area (Å²) in [5.41, 5.74) is 3.72. The van der Waals surface area contributed by atoms with Gasteiger partial charge in [-0.1, -0.05) is 24.2 Å². The molecule has 0 unspecified atom stereocenters. The van der Waals surface area contributed by atoms with E-state index >= 15 is 0 Å². The first-order chi connectivity index (χ1) is 17.2. The van der Waals surface area contributed by atoms with Gasteiger partial charge >= 0.3 is 0 Å². The number of hydrogen-bond donors (Lipinski definition) is 0. The van der Waals surface area contributed by atoms with E-state index in [0.29, 0.717) is 30.3 Å². The Balaban J connectivity index is 0.00000380. The molecule has 0 N–H and O–H groups in total. The van der Waals surface area contributed by atoms with E-state index in [2.05, 4.69) is 30.9 Å². The van der Waals surface area contributed by atoms with Crippen LogP contribution in [0, 0.1) is 13.8 Å². The molecule has 202 valence electrons. The van der Waals surface area contributed by atoms with Crippen molar-refractivity contribution in [3.8, 4) is 0 Å². The molecule has 0 bridgehead atoms. The Labute approximate surface area is 230 Å². The van der Waals surface area contributed by atoms with E-state index < -0.39 is 10.0 Å². The van der Waals surface area contributed by atoms with Gasteiger partial charge in [-0.2, -0.15) is 4.31 Å². The Bertz CT molecular complexity index is 1280. The average molecular weight is 565 g/mol. The second-order valence-electron chi connectivity index (χ2n) is 9.86. The van der Waals surface area contributed by atoms with Gasteiger partial charge in [-0.05, 0) is 101 Å². The lowest BCUT2D eigenvalue weighted by Crippen LogP contribution is -2.34. The lowest BCUT2D eigenvalue weighted by molar-refractivity contribution is 0.0986. The SMILES string of the molecule is Cc1cc2nc(N(CCCN(C)C)C(=O)c3ccc(S(=O)(=O)N4CCCCCC4)cc3)sc2cc1C.Cl. The second-order valence-corrected chi connectivity index (χ2v) is 12.8. The maximum atomic E-state index is 13.7. The second kappa shape index (κ2) is 12.7. The first-order valence-electron chi connectivity index (χ1n) is 12.6. The van der Waals surface area contributed by atoms with Crippen molar-refractivity contribution in [2.24, 2.45) is 0 Å². The topological polar surface area (TPSA) is 73.8 Å². The van der Waals surface area contributed by atoms with Crippen LogP contribution in [0.2, 0.25) is 0 Å². The highest BCUT2D eigenvalue weighted by Crippen LogP contribution is 2.32. The van der Waals surface area contributed by atoms with Crippen molar-refractivity contribution in [1.82, 2.24) is 14.2 Å². The summed E-state index contributed by atoms with van der Waals surface area (Å²) in [7, 11) is 0.469. The van der Waals surface area contributed by atoms with Crippen LogP contribution in [0.4, 0.5) is 5.13 Å². The Morgan fingerprint density at radius 2 is 1.59 bits per heavy atom. The fraction of sp³-hybridized carbons (Fsp3) is 0.481. The molecule has 37 heavy (non-hydrogen) atoms. The number of halogens is 1. The molecule has 1 amide bonds. The third-order valence-corrected chi connectivity index (χ3v) is 9.71. The van der Waals surface area contributed by atoms with Crippen LogP contribution < -0.4 is 4.90 Å². The molecule has 0 aliphatic carbocycles. The van der Waals surface area contributed by atoms with Crippen molar-refractivity contribution < 1.29 is 13.2 Å². The van der Waals surface area contributed by atoms with Gasteiger partial charge in [0, 0.05) is 25.2 Å². The summed E-state index contributed by atoms with van der Waals surface area (Å²) < 4.78 is 28.9. The van der Waals surface area contributed by atoms with Crippen LogP contribution in [0.3, 0.4) is 0 Å². The van der Waals surface area contributed by atoms with Gasteiger partial charge in [-0.15, -0.1) is 12.4 Å². The molecular formula is C27H37ClN4O3S2. The number of rotatable bonds is 8. The van der Waals surface area contributed by atoms with Crippen LogP contribution >= 0.6 is 23.7 Å². The van der Waals surface area contributed by atoms with Crippen LogP contribution in [-0.2, 0) is 10.0 Å². The lowest BCUT2D eigenvalue weighted by atomic mass is 10.1. The highest BCUT2D eigenvalue weighted by atomic mass is 35.5. The number of amides is 1. The fourth-order valence-corrected chi connectivity index (χ4v) is 7.06. The van der Waals surface area contributed by atoms with Crippen molar-refractivity contribution in [2.75, 3.05) is 45.2 Å². The minimum Gasteiger partial charge on any atom is -0.309 e. The molecule has 7 nitrogen and oxygen atoms in total. The number of anilines is 1. The Hall–Kier alpha value is -2.04. The first-order valence-corrected chi connectivity index (χ1v) is 14.9. The molecule has 1 aromatic heterocycles. The van der Waals surface area contributed by atoms with E-state index in [9.17, 15) is 13.2 Å². The minimum absolute atomic E-state index is 0. The van der Waals surface area contributed by atoms with Crippen LogP contribution in [0.15, 0.2) is 41.3 Å². The van der Waals surface area contributed by atoms with Crippen molar-refractivity contribution in [3.63, 3.8) is 0 Å². The number of hydrogen-bond acceptors (Lipinski definition) is 6. The predicted octanol–water partition coefficient (Wildman–Crippen LogP) is 5.50. The van der Waals surface area contributed by atoms with Crippen molar-refractivity contribution in [3.05, 3.63) is 53.1 Å². The molecule has 0 radical (unpaired) electrons. The van der Waals surface area contributed by atoms with E-state index in [1.165, 1.54) is 22.5 Å². The van der Waals surface area contributed by atoms with E-state index in [1.807, 2.05) is 14.1 Å². The fourth-order valence-electron chi connectivity index (χ4n) is 4.47. The molecule has 4 rings (SSSR count). The third kappa shape index (κ3) is 6.89. The summed E-state index contributed by atoms with van der Waals surface area (Å²) in [5, 5.41) is 0.667. The summed E-state index contributed by atoms with van der Waals surface area (Å²) in [4.78, 5) is 22.5. The maximum Gasteiger partial charge on any atom is 0.260 e. The third-order valence-electron chi connectivity index (χ3n) is 6.76. The summed E-state index contributed by atoms with van der Waals surface area (Å²) in [6, 6.07) is 10.6. The molecule has 0 atom stereocenters. The monoisotopic (exact) mass is 564 g/mol. The van der Waals surface area contributed by atoms with Crippen molar-refractivity contribution >= 4 is 55.0 Å². The molecule has 2 heterocycles. The molecule has 10 heteroatoms. The Morgan fingerprint density at radius 1 is 0.973 bits per heavy atom. The normalized spacial score (nSPS) is 14.9. The summed E-state index contributed by atoms with van der Waals surface area (Å²) in [6.45, 7) is 6.63. The Kier molecular flexibility index (Phi) is 10.1. The maximum absolute atomic E-state index is 13.7. The smallest absolute Gasteiger partial charge is 0.260 e. The molecule has 2 aromatic carbocycles. The number of fused-ring (bicyclic) bond motifs is 1. The largest absolute Gasteiger partial charge is 0.309 e. The van der Waals surface area contributed by atoms with E-state index in [0.717, 1.165) is 48.9 Å². The van der Waals surface area contributed by atoms with E-state index in [4.69, 9.17) is 4.98 Å². The molecule has 1 aliphatic heterocycles. The molecule has 1 fully saturated rings. The molecule has 0 saturated carbocycles. The van der Waals surface area contributed by atoms with Gasteiger partial charge < -0.3 is 4.90 Å². The molecule has 0 spiro atoms. The molecule has 1 saturated heterocycles. The van der Waals surface area contributed by atoms with Crippen molar-refractivity contribution in [1.29, 1.82) is 0 Å². The van der Waals surface area contributed by atoms with Gasteiger partial charge in [0.1, 0.15) is 0 Å². The molecule has 1 aliphatic rings. The molecular weight excluding hydrogens is 528 g/mol. The lowest BCUT2D eigenvalue weighted by Gasteiger charge is -2.22. The van der Waals surface area contributed by atoms with E-state index in [-0.39, 0.29) is 23.2 Å². The van der Waals surface area contributed by atoms with Gasteiger partial charge in [-0.3, -0.25) is 9.69 Å². The van der Waals surface area contributed by atoms with Crippen LogP contribution in [0.1, 0.15) is 53.6 Å². The van der Waals surface area contributed by atoms with Gasteiger partial charge in [0.2, 0.25) is 10.0 Å². The summed E-state index contributed by atoms with van der Waals surface area (Å²) in [6.07, 6.45) is 4.70. The predicted molar refractivity (Wildman–Crippen MR) is 155 cm³/mol. The summed E-state index contributed by atoms with van der Waals surface area (Å²) >= 11 is 1.52. The standard InChI is InChI=1S/C27H36N4O3S2.ClH/c1-20-18-24-25(19-21(20)2)35-27(28-24)31(17-9-14-29(3)4)26(32)22-10-12-23(13-11-22)36(33,34)30-15-7-5-6-8-16-30;/h10-13,18-19H,5-9,14-17H2,1-4H3;1H. The number of aryl methyl sites for hydroxylation is 2. The number of thiazole rings is 1. The summed E-state index contributed by atoms with van der Waals surface area (Å²) in [5.74, 6) is -0.167. The molecule has 3 aromatic rings. The minimum atomic E-state index is -3.56. The quantitative estimate of drug-likeness (QED) is 0.361. The van der Waals surface area contributed by atoms with Crippen LogP contribution in [0.5, 0.6) is 0 Å². The highest BCUT2D eigenvalue weighted by Gasteiger charge is 2.26.